The van der Waals surface area contributed by atoms with Gasteiger partial charge in [-0.2, -0.15) is 0 Å². The Balaban J connectivity index is 1.64. The normalized spacial score (nSPS) is 11.0. The molecular formula is C19H22N2O3. The summed E-state index contributed by atoms with van der Waals surface area (Å²) in [6.45, 7) is 2.21. The molecule has 1 amide bonds. The van der Waals surface area contributed by atoms with E-state index in [1.54, 1.807) is 18.3 Å². The van der Waals surface area contributed by atoms with Gasteiger partial charge in [-0.25, -0.2) is 0 Å². The summed E-state index contributed by atoms with van der Waals surface area (Å²) in [4.78, 5) is 14.4. The molecule has 3 aromatic rings. The second-order valence-electron chi connectivity index (χ2n) is 5.71. The Morgan fingerprint density at radius 3 is 2.88 bits per heavy atom. The lowest BCUT2D eigenvalue weighted by Gasteiger charge is -2.21. The molecule has 0 atom stereocenters. The first-order valence-corrected chi connectivity index (χ1v) is 8.11. The molecule has 2 heterocycles. The molecule has 126 valence electrons. The molecule has 0 N–H and O–H groups in total. The number of fused-ring (bicyclic) bond motifs is 1. The number of para-hydroxylation sites is 1. The average Bonchev–Trinajstić information content (AvgIpc) is 3.26. The summed E-state index contributed by atoms with van der Waals surface area (Å²) in [7, 11) is 1.64. The number of nitrogens with zero attached hydrogens (tertiary/aromatic N) is 2. The van der Waals surface area contributed by atoms with Gasteiger partial charge in [-0.3, -0.25) is 4.79 Å². The number of amides is 1. The van der Waals surface area contributed by atoms with Crippen LogP contribution in [0, 0.1) is 0 Å². The number of hydrogen-bond acceptors (Lipinski definition) is 3. The molecule has 0 bridgehead atoms. The first-order valence-electron chi connectivity index (χ1n) is 8.11. The highest BCUT2D eigenvalue weighted by Gasteiger charge is 2.15. The third kappa shape index (κ3) is 3.86. The van der Waals surface area contributed by atoms with Gasteiger partial charge in [-0.1, -0.05) is 18.2 Å². The molecule has 0 saturated carbocycles. The van der Waals surface area contributed by atoms with Crippen LogP contribution in [0.25, 0.3) is 10.9 Å². The van der Waals surface area contributed by atoms with Crippen molar-refractivity contribution in [3.63, 3.8) is 0 Å². The lowest BCUT2D eigenvalue weighted by Crippen LogP contribution is -2.33. The molecule has 3 rings (SSSR count). The van der Waals surface area contributed by atoms with Crippen LogP contribution in [0.5, 0.6) is 0 Å². The number of ether oxygens (including phenoxy) is 1. The third-order valence-electron chi connectivity index (χ3n) is 4.09. The standard InChI is InChI=1S/C19H22N2O3/c1-23-14-12-21(15-17-6-4-13-24-17)19(22)9-11-20-10-8-16-5-2-3-7-18(16)20/h2-8,10,13H,9,11-12,14-15H2,1H3. The summed E-state index contributed by atoms with van der Waals surface area (Å²) < 4.78 is 12.6. The van der Waals surface area contributed by atoms with Gasteiger partial charge < -0.3 is 18.6 Å². The Labute approximate surface area is 141 Å². The van der Waals surface area contributed by atoms with Crippen molar-refractivity contribution in [1.29, 1.82) is 0 Å². The minimum absolute atomic E-state index is 0.0984. The fraction of sp³-hybridized carbons (Fsp3) is 0.316. The van der Waals surface area contributed by atoms with Crippen molar-refractivity contribution in [2.45, 2.75) is 19.5 Å². The minimum Gasteiger partial charge on any atom is -0.467 e. The molecule has 0 fully saturated rings. The predicted molar refractivity (Wildman–Crippen MR) is 92.6 cm³/mol. The highest BCUT2D eigenvalue weighted by molar-refractivity contribution is 5.80. The van der Waals surface area contributed by atoms with Crippen LogP contribution in [-0.2, 0) is 22.6 Å². The number of aromatic nitrogens is 1. The van der Waals surface area contributed by atoms with E-state index >= 15 is 0 Å². The molecule has 5 nitrogen and oxygen atoms in total. The van der Waals surface area contributed by atoms with Gasteiger partial charge in [-0.15, -0.1) is 0 Å². The second kappa shape index (κ2) is 7.84. The van der Waals surface area contributed by atoms with Crippen molar-refractivity contribution < 1.29 is 13.9 Å². The van der Waals surface area contributed by atoms with Crippen LogP contribution in [0.4, 0.5) is 0 Å². The summed E-state index contributed by atoms with van der Waals surface area (Å²) in [5.41, 5.74) is 1.15. The molecule has 5 heteroatoms. The van der Waals surface area contributed by atoms with Gasteiger partial charge in [0.25, 0.3) is 0 Å². The second-order valence-corrected chi connectivity index (χ2v) is 5.71. The summed E-state index contributed by atoms with van der Waals surface area (Å²) in [5, 5.41) is 1.19. The van der Waals surface area contributed by atoms with Gasteiger partial charge in [0.05, 0.1) is 19.4 Å². The molecule has 2 aromatic heterocycles. The quantitative estimate of drug-likeness (QED) is 0.638. The van der Waals surface area contributed by atoms with Gasteiger partial charge in [0.15, 0.2) is 0 Å². The maximum atomic E-state index is 12.6. The number of methoxy groups -OCH3 is 1. The van der Waals surface area contributed by atoms with Crippen molar-refractivity contribution in [3.8, 4) is 0 Å². The molecule has 0 aliphatic heterocycles. The SMILES string of the molecule is COCCN(Cc1ccco1)C(=O)CCn1ccc2ccccc21. The zero-order valence-corrected chi connectivity index (χ0v) is 13.9. The topological polar surface area (TPSA) is 47.6 Å². The summed E-state index contributed by atoms with van der Waals surface area (Å²) in [6.07, 6.45) is 4.10. The number of rotatable bonds is 8. The van der Waals surface area contributed by atoms with E-state index < -0.39 is 0 Å². The van der Waals surface area contributed by atoms with E-state index in [-0.39, 0.29) is 5.91 Å². The zero-order chi connectivity index (χ0) is 16.8. The van der Waals surface area contributed by atoms with Gasteiger partial charge in [-0.05, 0) is 29.7 Å². The molecule has 0 saturated heterocycles. The van der Waals surface area contributed by atoms with Crippen LogP contribution in [0.15, 0.2) is 59.3 Å². The highest BCUT2D eigenvalue weighted by Crippen LogP contribution is 2.16. The highest BCUT2D eigenvalue weighted by atomic mass is 16.5. The summed E-state index contributed by atoms with van der Waals surface area (Å²) >= 11 is 0. The molecule has 0 radical (unpaired) electrons. The van der Waals surface area contributed by atoms with Crippen molar-refractivity contribution in [2.24, 2.45) is 0 Å². The molecule has 0 aliphatic carbocycles. The Hall–Kier alpha value is -2.53. The van der Waals surface area contributed by atoms with E-state index in [9.17, 15) is 4.79 Å². The summed E-state index contributed by atoms with van der Waals surface area (Å²) in [6, 6.07) is 14.0. The van der Waals surface area contributed by atoms with Crippen LogP contribution in [0.3, 0.4) is 0 Å². The molecule has 0 spiro atoms. The molecule has 1 aromatic carbocycles. The van der Waals surface area contributed by atoms with Crippen molar-refractivity contribution >= 4 is 16.8 Å². The fourth-order valence-corrected chi connectivity index (χ4v) is 2.79. The number of hydrogen-bond donors (Lipinski definition) is 0. The number of benzene rings is 1. The Morgan fingerprint density at radius 2 is 2.08 bits per heavy atom. The molecule has 24 heavy (non-hydrogen) atoms. The van der Waals surface area contributed by atoms with Crippen LogP contribution >= 0.6 is 0 Å². The number of aryl methyl sites for hydroxylation is 1. The Morgan fingerprint density at radius 1 is 1.21 bits per heavy atom. The van der Waals surface area contributed by atoms with Crippen LogP contribution in [-0.4, -0.2) is 35.6 Å². The first-order chi connectivity index (χ1) is 11.8. The van der Waals surface area contributed by atoms with Crippen molar-refractivity contribution in [3.05, 3.63) is 60.7 Å². The van der Waals surface area contributed by atoms with Gasteiger partial charge >= 0.3 is 0 Å². The Kier molecular flexibility index (Phi) is 5.33. The van der Waals surface area contributed by atoms with E-state index in [0.29, 0.717) is 32.7 Å². The van der Waals surface area contributed by atoms with E-state index in [1.165, 1.54) is 5.39 Å². The van der Waals surface area contributed by atoms with Crippen LogP contribution < -0.4 is 0 Å². The van der Waals surface area contributed by atoms with Crippen molar-refractivity contribution in [2.75, 3.05) is 20.3 Å². The largest absolute Gasteiger partial charge is 0.467 e. The van der Waals surface area contributed by atoms with E-state index in [1.807, 2.05) is 30.5 Å². The van der Waals surface area contributed by atoms with Gasteiger partial charge in [0, 0.05) is 38.3 Å². The third-order valence-corrected chi connectivity index (χ3v) is 4.09. The maximum Gasteiger partial charge on any atom is 0.224 e. The number of carbonyl (C=O) groups excluding carboxylic acids is 1. The van der Waals surface area contributed by atoms with Crippen LogP contribution in [0.1, 0.15) is 12.2 Å². The van der Waals surface area contributed by atoms with Crippen LogP contribution in [0.2, 0.25) is 0 Å². The molecule has 0 unspecified atom stereocenters. The minimum atomic E-state index is 0.0984. The fourth-order valence-electron chi connectivity index (χ4n) is 2.79. The first kappa shape index (κ1) is 16.3. The molecular weight excluding hydrogens is 304 g/mol. The predicted octanol–water partition coefficient (Wildman–Crippen LogP) is 3.30. The maximum absolute atomic E-state index is 12.6. The number of furan rings is 1. The zero-order valence-electron chi connectivity index (χ0n) is 13.9. The number of carbonyl (C=O) groups is 1. The summed E-state index contributed by atoms with van der Waals surface area (Å²) in [5.74, 6) is 0.882. The monoisotopic (exact) mass is 326 g/mol. The Bertz CT molecular complexity index is 777. The lowest BCUT2D eigenvalue weighted by atomic mass is 10.2. The smallest absolute Gasteiger partial charge is 0.224 e. The van der Waals surface area contributed by atoms with Gasteiger partial charge in [0.2, 0.25) is 5.91 Å². The van der Waals surface area contributed by atoms with Crippen molar-refractivity contribution in [1.82, 2.24) is 9.47 Å². The van der Waals surface area contributed by atoms with E-state index in [2.05, 4.69) is 22.8 Å². The van der Waals surface area contributed by atoms with Gasteiger partial charge in [0.1, 0.15) is 5.76 Å². The average molecular weight is 326 g/mol. The van der Waals surface area contributed by atoms with E-state index in [0.717, 1.165) is 11.3 Å². The molecule has 0 aliphatic rings. The van der Waals surface area contributed by atoms with E-state index in [4.69, 9.17) is 9.15 Å². The lowest BCUT2D eigenvalue weighted by molar-refractivity contribution is -0.133.